The highest BCUT2D eigenvalue weighted by atomic mass is 16.3. The van der Waals surface area contributed by atoms with Gasteiger partial charge in [-0.2, -0.15) is 0 Å². The molecule has 0 spiro atoms. The monoisotopic (exact) mass is 704 g/mol. The van der Waals surface area contributed by atoms with Crippen molar-refractivity contribution in [3.63, 3.8) is 0 Å². The Bertz CT molecular complexity index is 3080. The normalized spacial score (nSPS) is 12.3. The number of allylic oxidation sites excluding steroid dienone is 4. The molecule has 3 heteroatoms. The fraction of sp³-hybridized carbons (Fsp3) is 0. The van der Waals surface area contributed by atoms with Crippen molar-refractivity contribution in [2.24, 2.45) is 0 Å². The van der Waals surface area contributed by atoms with Crippen molar-refractivity contribution in [2.45, 2.75) is 0 Å². The maximum atomic E-state index is 6.65. The second kappa shape index (κ2) is 13.9. The Labute approximate surface area is 319 Å². The molecule has 55 heavy (non-hydrogen) atoms. The van der Waals surface area contributed by atoms with Gasteiger partial charge in [0.15, 0.2) is 0 Å². The van der Waals surface area contributed by atoms with Crippen LogP contribution in [0.15, 0.2) is 211 Å². The molecule has 0 unspecified atom stereocenters. The summed E-state index contributed by atoms with van der Waals surface area (Å²) in [5.74, 6) is 0. The summed E-state index contributed by atoms with van der Waals surface area (Å²) >= 11 is 0. The maximum absolute atomic E-state index is 6.65. The molecule has 2 heterocycles. The number of nitrogens with one attached hydrogen (secondary N) is 1. The summed E-state index contributed by atoms with van der Waals surface area (Å²) in [6.07, 6.45) is 10.5. The lowest BCUT2D eigenvalue weighted by atomic mass is 10.0. The third kappa shape index (κ3) is 6.08. The average Bonchev–Trinajstić information content (AvgIpc) is 3.79. The molecule has 0 aliphatic heterocycles. The molecule has 260 valence electrons. The molecule has 2 aromatic heterocycles. The van der Waals surface area contributed by atoms with Crippen LogP contribution in [0.1, 0.15) is 11.1 Å². The van der Waals surface area contributed by atoms with Gasteiger partial charge in [-0.05, 0) is 100.0 Å². The summed E-state index contributed by atoms with van der Waals surface area (Å²) < 4.78 is 9.01. The van der Waals surface area contributed by atoms with Gasteiger partial charge in [-0.15, -0.1) is 0 Å². The number of fused-ring (bicyclic) bond motifs is 8. The van der Waals surface area contributed by atoms with Gasteiger partial charge in [0.25, 0.3) is 0 Å². The zero-order valence-electron chi connectivity index (χ0n) is 30.1. The van der Waals surface area contributed by atoms with E-state index in [1.807, 2.05) is 18.3 Å². The number of anilines is 1. The van der Waals surface area contributed by atoms with Gasteiger partial charge in [-0.1, -0.05) is 140 Å². The molecule has 10 rings (SSSR count). The SMILES string of the molecule is C(=C/c1ccccc1)/C(=C\C=C\Nc1ccc(-c2ccc3oc4c5cc6c(cc5ccc4c3c2)c2ccccc2n6-c2ccccc2)cc1)c1ccccc1. The minimum absolute atomic E-state index is 0.889. The van der Waals surface area contributed by atoms with Crippen LogP contribution in [0.4, 0.5) is 5.69 Å². The Morgan fingerprint density at radius 2 is 1.25 bits per heavy atom. The van der Waals surface area contributed by atoms with E-state index in [4.69, 9.17) is 4.42 Å². The van der Waals surface area contributed by atoms with Crippen molar-refractivity contribution in [1.29, 1.82) is 0 Å². The third-order valence-electron chi connectivity index (χ3n) is 10.5. The minimum Gasteiger partial charge on any atom is -0.455 e. The molecule has 3 nitrogen and oxygen atoms in total. The summed E-state index contributed by atoms with van der Waals surface area (Å²) in [5, 5.41) is 10.4. The number of para-hydroxylation sites is 2. The molecule has 0 atom stereocenters. The Hall–Kier alpha value is -7.36. The summed E-state index contributed by atoms with van der Waals surface area (Å²) in [4.78, 5) is 0. The molecule has 0 bridgehead atoms. The quantitative estimate of drug-likeness (QED) is 0.160. The number of hydrogen-bond acceptors (Lipinski definition) is 2. The van der Waals surface area contributed by atoms with Gasteiger partial charge < -0.3 is 14.3 Å². The molecule has 8 aromatic carbocycles. The maximum Gasteiger partial charge on any atom is 0.143 e. The number of hydrogen-bond donors (Lipinski definition) is 1. The second-order valence-corrected chi connectivity index (χ2v) is 13.8. The van der Waals surface area contributed by atoms with E-state index in [-0.39, 0.29) is 0 Å². The van der Waals surface area contributed by atoms with Crippen molar-refractivity contribution in [3.05, 3.63) is 218 Å². The minimum atomic E-state index is 0.889. The van der Waals surface area contributed by atoms with Crippen LogP contribution < -0.4 is 5.32 Å². The van der Waals surface area contributed by atoms with Crippen LogP contribution >= 0.6 is 0 Å². The summed E-state index contributed by atoms with van der Waals surface area (Å²) in [7, 11) is 0. The fourth-order valence-corrected chi connectivity index (χ4v) is 7.74. The molecular weight excluding hydrogens is 669 g/mol. The van der Waals surface area contributed by atoms with Crippen LogP contribution in [0, 0.1) is 0 Å². The zero-order chi connectivity index (χ0) is 36.6. The van der Waals surface area contributed by atoms with E-state index in [0.717, 1.165) is 55.4 Å². The Morgan fingerprint density at radius 3 is 2.07 bits per heavy atom. The molecule has 0 aliphatic carbocycles. The lowest BCUT2D eigenvalue weighted by Gasteiger charge is -2.08. The van der Waals surface area contributed by atoms with Gasteiger partial charge in [0.05, 0.1) is 11.0 Å². The van der Waals surface area contributed by atoms with Gasteiger partial charge in [-0.25, -0.2) is 0 Å². The van der Waals surface area contributed by atoms with Gasteiger partial charge in [0.1, 0.15) is 11.2 Å². The van der Waals surface area contributed by atoms with Crippen LogP contribution in [0.2, 0.25) is 0 Å². The lowest BCUT2D eigenvalue weighted by Crippen LogP contribution is -1.92. The van der Waals surface area contributed by atoms with E-state index < -0.39 is 0 Å². The van der Waals surface area contributed by atoms with E-state index in [9.17, 15) is 0 Å². The van der Waals surface area contributed by atoms with Gasteiger partial charge >= 0.3 is 0 Å². The van der Waals surface area contributed by atoms with Gasteiger partial charge in [0, 0.05) is 44.5 Å². The van der Waals surface area contributed by atoms with Crippen molar-refractivity contribution >= 4 is 71.9 Å². The first kappa shape index (κ1) is 32.3. The van der Waals surface area contributed by atoms with Gasteiger partial charge in [-0.3, -0.25) is 0 Å². The van der Waals surface area contributed by atoms with Crippen LogP contribution in [0.5, 0.6) is 0 Å². The number of aromatic nitrogens is 1. The van der Waals surface area contributed by atoms with E-state index in [0.29, 0.717) is 0 Å². The zero-order valence-corrected chi connectivity index (χ0v) is 30.1. The van der Waals surface area contributed by atoms with Crippen LogP contribution in [0.25, 0.3) is 83.0 Å². The van der Waals surface area contributed by atoms with Crippen LogP contribution in [-0.4, -0.2) is 4.57 Å². The Kier molecular flexibility index (Phi) is 8.16. The largest absolute Gasteiger partial charge is 0.455 e. The molecule has 0 amide bonds. The summed E-state index contributed by atoms with van der Waals surface area (Å²) in [5.41, 5.74) is 12.1. The molecule has 0 fully saturated rings. The van der Waals surface area contributed by atoms with Crippen LogP contribution in [0.3, 0.4) is 0 Å². The number of furan rings is 1. The molecule has 0 aliphatic rings. The first-order chi connectivity index (χ1) is 27.3. The highest BCUT2D eigenvalue weighted by Crippen LogP contribution is 2.40. The molecule has 0 saturated carbocycles. The predicted octanol–water partition coefficient (Wildman–Crippen LogP) is 14.2. The number of rotatable bonds is 8. The lowest BCUT2D eigenvalue weighted by molar-refractivity contribution is 0.673. The van der Waals surface area contributed by atoms with Gasteiger partial charge in [0.2, 0.25) is 0 Å². The van der Waals surface area contributed by atoms with Crippen LogP contribution in [-0.2, 0) is 0 Å². The molecule has 0 saturated heterocycles. The number of benzene rings is 8. The fourth-order valence-electron chi connectivity index (χ4n) is 7.74. The van der Waals surface area contributed by atoms with E-state index in [1.165, 1.54) is 38.3 Å². The van der Waals surface area contributed by atoms with Crippen molar-refractivity contribution in [1.82, 2.24) is 4.57 Å². The Balaban J connectivity index is 0.946. The highest BCUT2D eigenvalue weighted by Gasteiger charge is 2.17. The number of nitrogens with zero attached hydrogens (tertiary/aromatic N) is 1. The van der Waals surface area contributed by atoms with Crippen molar-refractivity contribution in [3.8, 4) is 16.8 Å². The third-order valence-corrected chi connectivity index (χ3v) is 10.5. The topological polar surface area (TPSA) is 30.1 Å². The first-order valence-corrected chi connectivity index (χ1v) is 18.7. The van der Waals surface area contributed by atoms with E-state index in [1.54, 1.807) is 0 Å². The summed E-state index contributed by atoms with van der Waals surface area (Å²) in [6.45, 7) is 0. The molecule has 10 aromatic rings. The molecule has 1 N–H and O–H groups in total. The van der Waals surface area contributed by atoms with E-state index in [2.05, 4.69) is 204 Å². The molecule has 0 radical (unpaired) electrons. The van der Waals surface area contributed by atoms with Crippen molar-refractivity contribution in [2.75, 3.05) is 5.32 Å². The molecular formula is C52H36N2O. The van der Waals surface area contributed by atoms with E-state index >= 15 is 0 Å². The predicted molar refractivity (Wildman–Crippen MR) is 234 cm³/mol. The Morgan fingerprint density at radius 1 is 0.527 bits per heavy atom. The second-order valence-electron chi connectivity index (χ2n) is 13.8. The summed E-state index contributed by atoms with van der Waals surface area (Å²) in [6, 6.07) is 64.3. The first-order valence-electron chi connectivity index (χ1n) is 18.7. The van der Waals surface area contributed by atoms with Crippen molar-refractivity contribution < 1.29 is 4.42 Å². The average molecular weight is 705 g/mol. The highest BCUT2D eigenvalue weighted by molar-refractivity contribution is 6.20. The standard InChI is InChI=1S/C52H36N2O/c1-4-13-36(14-5-1)22-23-38(37-15-6-2-7-16-37)17-12-32-53-42-28-24-39(25-29-42)40-27-31-51-48(33-40)45-30-26-41-34-47-44-20-10-11-21-49(44)54(43-18-8-3-9-19-43)50(47)35-46(41)52(45)55-51/h1-35,53H/b23-22-,32-12+,38-17+. The smallest absolute Gasteiger partial charge is 0.143 e.